The molecule has 5 rings (SSSR count). The van der Waals surface area contributed by atoms with E-state index >= 15 is 0 Å². The van der Waals surface area contributed by atoms with Gasteiger partial charge in [0, 0.05) is 22.2 Å². The molecule has 1 unspecified atom stereocenters. The van der Waals surface area contributed by atoms with Crippen molar-refractivity contribution in [1.82, 2.24) is 19.9 Å². The van der Waals surface area contributed by atoms with E-state index in [-0.39, 0.29) is 5.91 Å². The number of aryl methyl sites for hydroxylation is 1. The van der Waals surface area contributed by atoms with Crippen LogP contribution in [0.2, 0.25) is 5.02 Å². The Hall–Kier alpha value is -2.52. The van der Waals surface area contributed by atoms with Gasteiger partial charge < -0.3 is 24.8 Å². The number of nitrogens with zero attached hydrogens (tertiary/aromatic N) is 3. The lowest BCUT2D eigenvalue weighted by Gasteiger charge is -2.22. The number of nitrogens with one attached hydrogen (secondary N) is 1. The molecule has 4 heterocycles. The molecule has 0 spiro atoms. The summed E-state index contributed by atoms with van der Waals surface area (Å²) >= 11 is 5.99. The quantitative estimate of drug-likeness (QED) is 0.601. The lowest BCUT2D eigenvalue weighted by Crippen LogP contribution is -2.39. The van der Waals surface area contributed by atoms with E-state index in [1.54, 1.807) is 29.0 Å². The molecule has 0 aliphatic carbocycles. The Labute approximate surface area is 164 Å². The van der Waals surface area contributed by atoms with Gasteiger partial charge in [0.25, 0.3) is 5.91 Å². The third-order valence-corrected chi connectivity index (χ3v) is 5.70. The Kier molecular flexibility index (Phi) is 3.92. The molecule has 3 aromatic rings. The van der Waals surface area contributed by atoms with Crippen LogP contribution < -0.4 is 5.32 Å². The van der Waals surface area contributed by atoms with Crippen LogP contribution in [0, 0.1) is 6.92 Å². The van der Waals surface area contributed by atoms with Crippen LogP contribution in [0.15, 0.2) is 36.8 Å². The number of ether oxygens (including phenoxy) is 1. The van der Waals surface area contributed by atoms with E-state index in [1.807, 2.05) is 13.0 Å². The number of rotatable bonds is 2. The number of halogens is 1. The van der Waals surface area contributed by atoms with Crippen molar-refractivity contribution >= 4 is 28.5 Å². The third kappa shape index (κ3) is 2.46. The molecule has 1 amide bonds. The first kappa shape index (κ1) is 17.6. The Morgan fingerprint density at radius 3 is 2.86 bits per heavy atom. The summed E-state index contributed by atoms with van der Waals surface area (Å²) in [6, 6.07) is 6.25. The zero-order valence-corrected chi connectivity index (χ0v) is 15.5. The highest BCUT2D eigenvalue weighted by Gasteiger charge is 2.50. The van der Waals surface area contributed by atoms with Gasteiger partial charge in [0.15, 0.2) is 6.23 Å². The van der Waals surface area contributed by atoms with E-state index in [1.165, 1.54) is 6.33 Å². The summed E-state index contributed by atoms with van der Waals surface area (Å²) in [5.74, 6) is -0.286. The Bertz CT molecular complexity index is 1100. The van der Waals surface area contributed by atoms with Crippen molar-refractivity contribution in [3.8, 4) is 0 Å². The van der Waals surface area contributed by atoms with Gasteiger partial charge in [-0.25, -0.2) is 9.97 Å². The maximum absolute atomic E-state index is 12.3. The first-order valence-electron chi connectivity index (χ1n) is 8.86. The largest absolute Gasteiger partial charge is 0.387 e. The molecule has 2 aliphatic rings. The maximum Gasteiger partial charge on any atom is 0.252 e. The van der Waals surface area contributed by atoms with Crippen molar-refractivity contribution in [3.05, 3.63) is 58.6 Å². The number of aliphatic hydroxyl groups is 2. The average molecular weight is 401 g/mol. The molecule has 1 saturated heterocycles. The molecule has 2 aliphatic heterocycles. The molecule has 8 nitrogen and oxygen atoms in total. The highest BCUT2D eigenvalue weighted by atomic mass is 35.5. The molecular weight excluding hydrogens is 384 g/mol. The molecular formula is C19H17ClN4O4. The van der Waals surface area contributed by atoms with E-state index in [2.05, 4.69) is 15.3 Å². The number of aromatic nitrogens is 3. The molecule has 3 N–H and O–H groups in total. The van der Waals surface area contributed by atoms with Crippen LogP contribution in [-0.2, 0) is 4.74 Å². The van der Waals surface area contributed by atoms with E-state index < -0.39 is 30.6 Å². The normalized spacial score (nSPS) is 29.3. The predicted molar refractivity (Wildman–Crippen MR) is 99.8 cm³/mol. The van der Waals surface area contributed by atoms with Crippen molar-refractivity contribution in [1.29, 1.82) is 0 Å². The SMILES string of the molecule is Cc1ncnc2c1ccn2[C@@H]1O[C@H](C2NC(=O)c3cc(Cl)ccc32)[C@@H](O)[C@H]1O. The Morgan fingerprint density at radius 1 is 1.21 bits per heavy atom. The highest BCUT2D eigenvalue weighted by molar-refractivity contribution is 6.31. The van der Waals surface area contributed by atoms with Gasteiger partial charge in [0.1, 0.15) is 30.3 Å². The number of benzene rings is 1. The smallest absolute Gasteiger partial charge is 0.252 e. The van der Waals surface area contributed by atoms with Crippen molar-refractivity contribution in [3.63, 3.8) is 0 Å². The number of amides is 1. The maximum atomic E-state index is 12.3. The second kappa shape index (κ2) is 6.25. The standard InChI is InChI=1S/C19H17ClN4O4/c1-8-10-4-5-24(17(10)22-7-21-8)19-15(26)14(25)16(28-19)13-11-3-2-9(20)6-12(11)18(27)23-13/h2-7,13-16,19,25-26H,1H3,(H,23,27)/t13?,14-,15+,16+,19+/m0/s1. The van der Waals surface area contributed by atoms with Gasteiger partial charge in [-0.3, -0.25) is 4.79 Å². The summed E-state index contributed by atoms with van der Waals surface area (Å²) in [7, 11) is 0. The summed E-state index contributed by atoms with van der Waals surface area (Å²) < 4.78 is 7.73. The van der Waals surface area contributed by atoms with Gasteiger partial charge in [-0.1, -0.05) is 17.7 Å². The minimum absolute atomic E-state index is 0.286. The van der Waals surface area contributed by atoms with Crippen LogP contribution in [0.1, 0.15) is 33.9 Å². The molecule has 9 heteroatoms. The minimum Gasteiger partial charge on any atom is -0.387 e. The zero-order chi connectivity index (χ0) is 19.6. The van der Waals surface area contributed by atoms with Gasteiger partial charge in [-0.2, -0.15) is 0 Å². The summed E-state index contributed by atoms with van der Waals surface area (Å²) in [6.07, 6.45) is -0.870. The number of carbonyl (C=O) groups is 1. The topological polar surface area (TPSA) is 110 Å². The first-order valence-corrected chi connectivity index (χ1v) is 9.23. The van der Waals surface area contributed by atoms with Crippen molar-refractivity contribution in [2.45, 2.75) is 37.5 Å². The van der Waals surface area contributed by atoms with Crippen LogP contribution in [0.5, 0.6) is 0 Å². The molecule has 28 heavy (non-hydrogen) atoms. The summed E-state index contributed by atoms with van der Waals surface area (Å²) in [6.45, 7) is 1.87. The van der Waals surface area contributed by atoms with Crippen molar-refractivity contribution in [2.24, 2.45) is 0 Å². The summed E-state index contributed by atoms with van der Waals surface area (Å²) in [5, 5.41) is 25.5. The van der Waals surface area contributed by atoms with E-state index in [0.717, 1.165) is 11.1 Å². The van der Waals surface area contributed by atoms with Gasteiger partial charge >= 0.3 is 0 Å². The van der Waals surface area contributed by atoms with E-state index in [0.29, 0.717) is 21.8 Å². The van der Waals surface area contributed by atoms with E-state index in [9.17, 15) is 15.0 Å². The van der Waals surface area contributed by atoms with Gasteiger partial charge in [-0.05, 0) is 30.7 Å². The second-order valence-corrected chi connectivity index (χ2v) is 7.51. The van der Waals surface area contributed by atoms with Crippen LogP contribution in [0.3, 0.4) is 0 Å². The second-order valence-electron chi connectivity index (χ2n) is 7.07. The van der Waals surface area contributed by atoms with Crippen molar-refractivity contribution < 1.29 is 19.7 Å². The molecule has 0 saturated carbocycles. The fourth-order valence-electron chi connectivity index (χ4n) is 4.05. The third-order valence-electron chi connectivity index (χ3n) is 5.47. The van der Waals surface area contributed by atoms with Crippen LogP contribution in [0.25, 0.3) is 11.0 Å². The Balaban J connectivity index is 1.51. The number of hydrogen-bond acceptors (Lipinski definition) is 6. The van der Waals surface area contributed by atoms with E-state index in [4.69, 9.17) is 16.3 Å². The molecule has 5 atom stereocenters. The number of aliphatic hydroxyl groups excluding tert-OH is 2. The summed E-state index contributed by atoms with van der Waals surface area (Å²) in [4.78, 5) is 20.7. The molecule has 1 fully saturated rings. The molecule has 1 aromatic carbocycles. The van der Waals surface area contributed by atoms with Gasteiger partial charge in [0.2, 0.25) is 0 Å². The fourth-order valence-corrected chi connectivity index (χ4v) is 4.22. The van der Waals surface area contributed by atoms with Crippen LogP contribution >= 0.6 is 11.6 Å². The molecule has 0 bridgehead atoms. The summed E-state index contributed by atoms with van der Waals surface area (Å²) in [5.41, 5.74) is 2.54. The highest BCUT2D eigenvalue weighted by Crippen LogP contribution is 2.40. The predicted octanol–water partition coefficient (Wildman–Crippen LogP) is 1.50. The number of fused-ring (bicyclic) bond motifs is 2. The molecule has 2 aromatic heterocycles. The molecule has 0 radical (unpaired) electrons. The van der Waals surface area contributed by atoms with Crippen LogP contribution in [0.4, 0.5) is 0 Å². The van der Waals surface area contributed by atoms with Gasteiger partial charge in [0.05, 0.1) is 11.7 Å². The minimum atomic E-state index is -1.20. The Morgan fingerprint density at radius 2 is 2.04 bits per heavy atom. The fraction of sp³-hybridized carbons (Fsp3) is 0.316. The number of hydrogen-bond donors (Lipinski definition) is 3. The van der Waals surface area contributed by atoms with Crippen LogP contribution in [-0.4, -0.2) is 49.0 Å². The first-order chi connectivity index (χ1) is 13.5. The number of carbonyl (C=O) groups excluding carboxylic acids is 1. The average Bonchev–Trinajstić information content (AvgIpc) is 3.32. The van der Waals surface area contributed by atoms with Crippen molar-refractivity contribution in [2.75, 3.05) is 0 Å². The molecule has 144 valence electrons. The lowest BCUT2D eigenvalue weighted by atomic mass is 9.96. The zero-order valence-electron chi connectivity index (χ0n) is 14.8. The monoisotopic (exact) mass is 400 g/mol. The van der Waals surface area contributed by atoms with Gasteiger partial charge in [-0.15, -0.1) is 0 Å². The lowest BCUT2D eigenvalue weighted by molar-refractivity contribution is -0.0447.